The molecule has 132 valence electrons. The van der Waals surface area contributed by atoms with E-state index in [0.29, 0.717) is 29.1 Å². The Kier molecular flexibility index (Phi) is 5.99. The van der Waals surface area contributed by atoms with Gasteiger partial charge in [-0.2, -0.15) is 0 Å². The summed E-state index contributed by atoms with van der Waals surface area (Å²) >= 11 is 7.49. The van der Waals surface area contributed by atoms with Gasteiger partial charge in [-0.3, -0.25) is 9.36 Å². The molecule has 0 radical (unpaired) electrons. The molecule has 1 aliphatic rings. The van der Waals surface area contributed by atoms with Gasteiger partial charge in [0.05, 0.1) is 10.8 Å². The first-order valence-corrected chi connectivity index (χ1v) is 9.37. The Morgan fingerprint density at radius 3 is 2.96 bits per heavy atom. The monoisotopic (exact) mass is 378 g/mol. The largest absolute Gasteiger partial charge is 0.484 e. The maximum atomic E-state index is 11.8. The number of hydrogen-bond donors (Lipinski definition) is 1. The van der Waals surface area contributed by atoms with Crippen LogP contribution in [0.4, 0.5) is 0 Å². The molecule has 25 heavy (non-hydrogen) atoms. The second kappa shape index (κ2) is 8.40. The summed E-state index contributed by atoms with van der Waals surface area (Å²) in [6, 6.07) is 7.72. The number of nitrogens with one attached hydrogen (secondary N) is 1. The zero-order valence-electron chi connectivity index (χ0n) is 13.7. The van der Waals surface area contributed by atoms with Crippen LogP contribution < -0.4 is 10.1 Å². The summed E-state index contributed by atoms with van der Waals surface area (Å²) in [5.74, 6) is 1.61. The number of aromatic nitrogens is 3. The van der Waals surface area contributed by atoms with Gasteiger partial charge in [0.1, 0.15) is 12.4 Å². The molecular formula is C17H19ClN4O2S. The molecule has 8 heteroatoms. The molecule has 1 aliphatic carbocycles. The van der Waals surface area contributed by atoms with Crippen LogP contribution >= 0.6 is 23.4 Å². The van der Waals surface area contributed by atoms with Crippen molar-refractivity contribution in [3.63, 3.8) is 0 Å². The maximum Gasteiger partial charge on any atom is 0.230 e. The number of benzene rings is 1. The predicted octanol–water partition coefficient (Wildman–Crippen LogP) is 3.24. The van der Waals surface area contributed by atoms with Crippen LogP contribution in [0.2, 0.25) is 5.02 Å². The summed E-state index contributed by atoms with van der Waals surface area (Å²) in [6.07, 6.45) is 3.83. The molecule has 0 bridgehead atoms. The molecule has 1 aromatic carbocycles. The number of carbonyl (C=O) groups is 1. The lowest BCUT2D eigenvalue weighted by atomic mass is 10.3. The van der Waals surface area contributed by atoms with E-state index in [1.54, 1.807) is 12.1 Å². The fraction of sp³-hybridized carbons (Fsp3) is 0.353. The molecule has 0 atom stereocenters. The standard InChI is InChI=1S/C17H19ClN4O2S/c1-2-9-19-16(23)11-25-17-21-20-15(22(17)12-7-8-12)10-24-14-6-4-3-5-13(14)18/h2-6,12H,1,7-11H2,(H,19,23). The third-order valence-corrected chi connectivity index (χ3v) is 4.87. The van der Waals surface area contributed by atoms with Crippen molar-refractivity contribution in [1.29, 1.82) is 0 Å². The molecule has 0 spiro atoms. The summed E-state index contributed by atoms with van der Waals surface area (Å²) in [5.41, 5.74) is 0. The highest BCUT2D eigenvalue weighted by molar-refractivity contribution is 7.99. The summed E-state index contributed by atoms with van der Waals surface area (Å²) in [7, 11) is 0. The Morgan fingerprint density at radius 2 is 2.24 bits per heavy atom. The molecule has 2 aromatic rings. The van der Waals surface area contributed by atoms with Gasteiger partial charge in [0.25, 0.3) is 0 Å². The minimum absolute atomic E-state index is 0.0517. The van der Waals surface area contributed by atoms with Crippen LogP contribution in [0, 0.1) is 0 Å². The Balaban J connectivity index is 1.64. The van der Waals surface area contributed by atoms with Gasteiger partial charge >= 0.3 is 0 Å². The number of ether oxygens (including phenoxy) is 1. The zero-order valence-corrected chi connectivity index (χ0v) is 15.2. The average molecular weight is 379 g/mol. The highest BCUT2D eigenvalue weighted by Gasteiger charge is 2.30. The molecule has 3 rings (SSSR count). The van der Waals surface area contributed by atoms with Gasteiger partial charge in [0, 0.05) is 12.6 Å². The minimum atomic E-state index is -0.0517. The summed E-state index contributed by atoms with van der Waals surface area (Å²) in [5, 5.41) is 12.5. The summed E-state index contributed by atoms with van der Waals surface area (Å²) in [6.45, 7) is 4.33. The fourth-order valence-electron chi connectivity index (χ4n) is 2.27. The molecule has 0 saturated heterocycles. The highest BCUT2D eigenvalue weighted by Crippen LogP contribution is 2.39. The molecule has 1 amide bonds. The molecule has 0 unspecified atom stereocenters. The molecule has 6 nitrogen and oxygen atoms in total. The third-order valence-electron chi connectivity index (χ3n) is 3.62. The number of rotatable bonds is 9. The second-order valence-corrected chi connectivity index (χ2v) is 6.95. The van der Waals surface area contributed by atoms with E-state index in [-0.39, 0.29) is 12.5 Å². The van der Waals surface area contributed by atoms with Crippen molar-refractivity contribution in [3.05, 3.63) is 47.8 Å². The molecule has 1 fully saturated rings. The van der Waals surface area contributed by atoms with Crippen molar-refractivity contribution in [2.24, 2.45) is 0 Å². The van der Waals surface area contributed by atoms with Crippen LogP contribution in [0.15, 0.2) is 42.1 Å². The van der Waals surface area contributed by atoms with Crippen LogP contribution in [-0.4, -0.2) is 33.0 Å². The number of amides is 1. The van der Waals surface area contributed by atoms with Crippen molar-refractivity contribution < 1.29 is 9.53 Å². The van der Waals surface area contributed by atoms with Crippen LogP contribution in [-0.2, 0) is 11.4 Å². The molecule has 1 N–H and O–H groups in total. The van der Waals surface area contributed by atoms with E-state index in [1.807, 2.05) is 18.2 Å². The smallest absolute Gasteiger partial charge is 0.230 e. The zero-order chi connectivity index (χ0) is 17.6. The lowest BCUT2D eigenvalue weighted by molar-refractivity contribution is -0.118. The topological polar surface area (TPSA) is 69.0 Å². The van der Waals surface area contributed by atoms with Gasteiger partial charge in [-0.15, -0.1) is 16.8 Å². The summed E-state index contributed by atoms with van der Waals surface area (Å²) in [4.78, 5) is 11.8. The van der Waals surface area contributed by atoms with Gasteiger partial charge in [0.2, 0.25) is 5.91 Å². The molecule has 1 aromatic heterocycles. The number of thioether (sulfide) groups is 1. The number of halogens is 1. The fourth-order valence-corrected chi connectivity index (χ4v) is 3.32. The first-order valence-electron chi connectivity index (χ1n) is 8.00. The van der Waals surface area contributed by atoms with Gasteiger partial charge in [-0.25, -0.2) is 0 Å². The quantitative estimate of drug-likeness (QED) is 0.536. The van der Waals surface area contributed by atoms with Gasteiger partial charge < -0.3 is 10.1 Å². The maximum absolute atomic E-state index is 11.8. The van der Waals surface area contributed by atoms with Crippen molar-refractivity contribution in [3.8, 4) is 5.75 Å². The predicted molar refractivity (Wildman–Crippen MR) is 98.0 cm³/mol. The molecule has 1 saturated carbocycles. The lowest BCUT2D eigenvalue weighted by Crippen LogP contribution is -2.25. The van der Waals surface area contributed by atoms with E-state index in [2.05, 4.69) is 26.7 Å². The second-order valence-electron chi connectivity index (χ2n) is 5.60. The number of hydrogen-bond acceptors (Lipinski definition) is 5. The third kappa shape index (κ3) is 4.76. The highest BCUT2D eigenvalue weighted by atomic mass is 35.5. The Hall–Kier alpha value is -1.99. The van der Waals surface area contributed by atoms with Crippen LogP contribution in [0.3, 0.4) is 0 Å². The van der Waals surface area contributed by atoms with E-state index < -0.39 is 0 Å². The van der Waals surface area contributed by atoms with Crippen molar-refractivity contribution >= 4 is 29.3 Å². The van der Waals surface area contributed by atoms with Crippen LogP contribution in [0.1, 0.15) is 24.7 Å². The van der Waals surface area contributed by atoms with Crippen molar-refractivity contribution in [1.82, 2.24) is 20.1 Å². The number of para-hydroxylation sites is 1. The van der Waals surface area contributed by atoms with E-state index in [1.165, 1.54) is 11.8 Å². The van der Waals surface area contributed by atoms with Crippen molar-refractivity contribution in [2.75, 3.05) is 12.3 Å². The number of nitrogens with zero attached hydrogens (tertiary/aromatic N) is 3. The molecular weight excluding hydrogens is 360 g/mol. The molecule has 1 heterocycles. The summed E-state index contributed by atoms with van der Waals surface area (Å²) < 4.78 is 7.85. The molecule has 0 aliphatic heterocycles. The first kappa shape index (κ1) is 17.8. The normalized spacial score (nSPS) is 13.5. The minimum Gasteiger partial charge on any atom is -0.484 e. The van der Waals surface area contributed by atoms with E-state index >= 15 is 0 Å². The van der Waals surface area contributed by atoms with Gasteiger partial charge in [-0.1, -0.05) is 41.6 Å². The van der Waals surface area contributed by atoms with Crippen molar-refractivity contribution in [2.45, 2.75) is 30.6 Å². The Bertz CT molecular complexity index is 761. The Morgan fingerprint density at radius 1 is 1.44 bits per heavy atom. The van der Waals surface area contributed by atoms with E-state index in [4.69, 9.17) is 16.3 Å². The SMILES string of the molecule is C=CCNC(=O)CSc1nnc(COc2ccccc2Cl)n1C1CC1. The van der Waals surface area contributed by atoms with Gasteiger partial charge in [0.15, 0.2) is 11.0 Å². The van der Waals surface area contributed by atoms with E-state index in [0.717, 1.165) is 23.8 Å². The first-order chi connectivity index (χ1) is 12.2. The van der Waals surface area contributed by atoms with Gasteiger partial charge in [-0.05, 0) is 25.0 Å². The average Bonchev–Trinajstić information content (AvgIpc) is 3.38. The van der Waals surface area contributed by atoms with Crippen LogP contribution in [0.5, 0.6) is 5.75 Å². The lowest BCUT2D eigenvalue weighted by Gasteiger charge is -2.10. The van der Waals surface area contributed by atoms with E-state index in [9.17, 15) is 4.79 Å². The number of carbonyl (C=O) groups excluding carboxylic acids is 1. The Labute approximate surface area is 155 Å². The van der Waals surface area contributed by atoms with Crippen LogP contribution in [0.25, 0.3) is 0 Å².